The van der Waals surface area contributed by atoms with E-state index in [9.17, 15) is 0 Å². The molecule has 1 aliphatic rings. The molecule has 0 N–H and O–H groups in total. The van der Waals surface area contributed by atoms with Crippen LogP contribution in [-0.4, -0.2) is 9.52 Å². The Kier molecular flexibility index (Phi) is 1.30. The lowest BCUT2D eigenvalue weighted by Crippen LogP contribution is -1.83. The summed E-state index contributed by atoms with van der Waals surface area (Å²) < 4.78 is 0. The fourth-order valence-corrected chi connectivity index (χ4v) is 2.98. The summed E-state index contributed by atoms with van der Waals surface area (Å²) in [4.78, 5) is 0. The van der Waals surface area contributed by atoms with Gasteiger partial charge in [0.25, 0.3) is 0 Å². The van der Waals surface area contributed by atoms with E-state index in [1.807, 2.05) is 0 Å². The van der Waals surface area contributed by atoms with E-state index in [4.69, 9.17) is 0 Å². The third-order valence-corrected chi connectivity index (χ3v) is 3.95. The lowest BCUT2D eigenvalue weighted by atomic mass is 10.3. The van der Waals surface area contributed by atoms with Crippen molar-refractivity contribution in [2.24, 2.45) is 0 Å². The molecule has 1 atom stereocenters. The fourth-order valence-electron chi connectivity index (χ4n) is 1.13. The summed E-state index contributed by atoms with van der Waals surface area (Å²) in [5.41, 5.74) is 1.19. The highest BCUT2D eigenvalue weighted by Crippen LogP contribution is 2.21. The summed E-state index contributed by atoms with van der Waals surface area (Å²) in [5, 5.41) is 0. The standard InChI is InChI=1S/C5H12Si/c1-5-3-2-4-6-5/h5H,2-4,6H2,1H3. The van der Waals surface area contributed by atoms with E-state index in [1.54, 1.807) is 18.9 Å². The number of hydrogen-bond donors (Lipinski definition) is 0. The summed E-state index contributed by atoms with van der Waals surface area (Å²) >= 11 is 0. The summed E-state index contributed by atoms with van der Waals surface area (Å²) in [6.07, 6.45) is 3.10. The minimum Gasteiger partial charge on any atom is -0.0654 e. The Labute approximate surface area is 41.8 Å². The first-order chi connectivity index (χ1) is 2.89. The Hall–Kier alpha value is 0.217. The van der Waals surface area contributed by atoms with Gasteiger partial charge >= 0.3 is 0 Å². The minimum atomic E-state index is 0.468. The Morgan fingerprint density at radius 2 is 2.50 bits per heavy atom. The monoisotopic (exact) mass is 100 g/mol. The average molecular weight is 100 g/mol. The molecule has 0 radical (unpaired) electrons. The normalized spacial score (nSPS) is 38.5. The van der Waals surface area contributed by atoms with Crippen LogP contribution in [0.3, 0.4) is 0 Å². The largest absolute Gasteiger partial charge is 0.0654 e. The molecule has 0 spiro atoms. The fraction of sp³-hybridized carbons (Fsp3) is 1.00. The quantitative estimate of drug-likeness (QED) is 0.401. The van der Waals surface area contributed by atoms with Gasteiger partial charge < -0.3 is 0 Å². The lowest BCUT2D eigenvalue weighted by molar-refractivity contribution is 0.821. The van der Waals surface area contributed by atoms with Crippen LogP contribution in [-0.2, 0) is 0 Å². The van der Waals surface area contributed by atoms with Crippen LogP contribution in [0.25, 0.3) is 0 Å². The molecule has 0 saturated carbocycles. The second-order valence-corrected chi connectivity index (χ2v) is 5.07. The molecule has 0 aromatic rings. The van der Waals surface area contributed by atoms with Crippen LogP contribution >= 0.6 is 0 Å². The van der Waals surface area contributed by atoms with Gasteiger partial charge in [-0.1, -0.05) is 31.4 Å². The predicted octanol–water partition coefficient (Wildman–Crippen LogP) is 1.18. The van der Waals surface area contributed by atoms with Crippen molar-refractivity contribution in [3.05, 3.63) is 0 Å². The highest BCUT2D eigenvalue weighted by molar-refractivity contribution is 6.38. The van der Waals surface area contributed by atoms with Gasteiger partial charge in [-0.25, -0.2) is 0 Å². The molecular weight excluding hydrogens is 88.1 g/mol. The molecule has 0 nitrogen and oxygen atoms in total. The SMILES string of the molecule is CC1CCC[SiH2]1. The van der Waals surface area contributed by atoms with Gasteiger partial charge in [0.05, 0.1) is 0 Å². The van der Waals surface area contributed by atoms with Crippen molar-refractivity contribution in [1.29, 1.82) is 0 Å². The van der Waals surface area contributed by atoms with E-state index < -0.39 is 0 Å². The van der Waals surface area contributed by atoms with Gasteiger partial charge in [-0.3, -0.25) is 0 Å². The molecule has 1 unspecified atom stereocenters. The van der Waals surface area contributed by atoms with Crippen LogP contribution in [0.15, 0.2) is 0 Å². The van der Waals surface area contributed by atoms with E-state index in [0.717, 1.165) is 0 Å². The van der Waals surface area contributed by atoms with Gasteiger partial charge in [-0.15, -0.1) is 0 Å². The highest BCUT2D eigenvalue weighted by Gasteiger charge is 2.08. The third kappa shape index (κ3) is 0.838. The van der Waals surface area contributed by atoms with E-state index in [1.165, 1.54) is 5.54 Å². The predicted molar refractivity (Wildman–Crippen MR) is 32.0 cm³/mol. The van der Waals surface area contributed by atoms with Gasteiger partial charge in [-0.05, 0) is 0 Å². The van der Waals surface area contributed by atoms with Gasteiger partial charge in [0, 0.05) is 9.52 Å². The van der Waals surface area contributed by atoms with Crippen molar-refractivity contribution in [2.75, 3.05) is 0 Å². The molecule has 0 amide bonds. The van der Waals surface area contributed by atoms with Crippen molar-refractivity contribution in [2.45, 2.75) is 31.4 Å². The van der Waals surface area contributed by atoms with Crippen molar-refractivity contribution in [3.63, 3.8) is 0 Å². The van der Waals surface area contributed by atoms with Crippen LogP contribution in [0.5, 0.6) is 0 Å². The molecule has 1 rings (SSSR count). The molecule has 1 heterocycles. The van der Waals surface area contributed by atoms with E-state index in [2.05, 4.69) is 6.92 Å². The van der Waals surface area contributed by atoms with Crippen LogP contribution < -0.4 is 0 Å². The molecule has 1 saturated heterocycles. The van der Waals surface area contributed by atoms with Crippen molar-refractivity contribution in [1.82, 2.24) is 0 Å². The van der Waals surface area contributed by atoms with Crippen LogP contribution in [0.4, 0.5) is 0 Å². The number of rotatable bonds is 0. The summed E-state index contributed by atoms with van der Waals surface area (Å²) in [6, 6.07) is 1.63. The Bertz CT molecular complexity index is 37.2. The van der Waals surface area contributed by atoms with E-state index in [0.29, 0.717) is 9.52 Å². The molecule has 6 heavy (non-hydrogen) atoms. The molecule has 0 aromatic heterocycles. The van der Waals surface area contributed by atoms with Crippen molar-refractivity contribution < 1.29 is 0 Å². The van der Waals surface area contributed by atoms with Crippen molar-refractivity contribution >= 4 is 9.52 Å². The Balaban J connectivity index is 2.18. The Morgan fingerprint density at radius 1 is 1.67 bits per heavy atom. The van der Waals surface area contributed by atoms with E-state index >= 15 is 0 Å². The van der Waals surface area contributed by atoms with Crippen LogP contribution in [0.2, 0.25) is 11.6 Å². The summed E-state index contributed by atoms with van der Waals surface area (Å²) in [6.45, 7) is 2.40. The molecule has 1 fully saturated rings. The smallest absolute Gasteiger partial charge is 0.0228 e. The highest BCUT2D eigenvalue weighted by atomic mass is 28.2. The van der Waals surface area contributed by atoms with Gasteiger partial charge in [-0.2, -0.15) is 0 Å². The zero-order valence-electron chi connectivity index (χ0n) is 4.41. The molecule has 0 aromatic carbocycles. The van der Waals surface area contributed by atoms with Gasteiger partial charge in [0.1, 0.15) is 0 Å². The minimum absolute atomic E-state index is 0.468. The first kappa shape index (κ1) is 4.38. The Morgan fingerprint density at radius 3 is 2.67 bits per heavy atom. The zero-order chi connectivity index (χ0) is 4.41. The first-order valence-electron chi connectivity index (χ1n) is 2.89. The lowest BCUT2D eigenvalue weighted by Gasteiger charge is -1.90. The maximum atomic E-state index is 2.40. The maximum Gasteiger partial charge on any atom is 0.0228 e. The van der Waals surface area contributed by atoms with Crippen molar-refractivity contribution in [3.8, 4) is 0 Å². The third-order valence-electron chi connectivity index (χ3n) is 1.64. The number of hydrogen-bond acceptors (Lipinski definition) is 0. The van der Waals surface area contributed by atoms with Crippen LogP contribution in [0, 0.1) is 0 Å². The molecular formula is C5H12Si. The first-order valence-corrected chi connectivity index (χ1v) is 4.71. The molecule has 0 bridgehead atoms. The second kappa shape index (κ2) is 1.78. The van der Waals surface area contributed by atoms with Gasteiger partial charge in [0.15, 0.2) is 0 Å². The second-order valence-electron chi connectivity index (χ2n) is 2.39. The molecule has 36 valence electrons. The molecule has 1 heteroatoms. The average Bonchev–Trinajstić information content (AvgIpc) is 1.86. The maximum absolute atomic E-state index is 2.40. The molecule has 1 aliphatic heterocycles. The topological polar surface area (TPSA) is 0 Å². The van der Waals surface area contributed by atoms with E-state index in [-0.39, 0.29) is 0 Å². The van der Waals surface area contributed by atoms with Crippen LogP contribution in [0.1, 0.15) is 19.8 Å². The summed E-state index contributed by atoms with van der Waals surface area (Å²) in [5.74, 6) is 0. The molecule has 0 aliphatic carbocycles. The van der Waals surface area contributed by atoms with Gasteiger partial charge in [0.2, 0.25) is 0 Å². The zero-order valence-corrected chi connectivity index (χ0v) is 5.82. The summed E-state index contributed by atoms with van der Waals surface area (Å²) in [7, 11) is 0.468.